The summed E-state index contributed by atoms with van der Waals surface area (Å²) in [4.78, 5) is 10.8. The Balaban J connectivity index is 2.80. The Labute approximate surface area is 59.0 Å². The minimum Gasteiger partial charge on any atom is -0.294 e. The van der Waals surface area contributed by atoms with Crippen LogP contribution in [0.15, 0.2) is 23.3 Å². The maximum Gasteiger partial charge on any atom is 0.164 e. The molecule has 1 aliphatic rings. The topological polar surface area (TPSA) is 17.1 Å². The summed E-state index contributed by atoms with van der Waals surface area (Å²) in [5, 5.41) is 0.373. The summed E-state index contributed by atoms with van der Waals surface area (Å²) in [6.07, 6.45) is 3.25. The minimum absolute atomic E-state index is 0.120. The summed E-state index contributed by atoms with van der Waals surface area (Å²) in [7, 11) is 0. The first-order valence-corrected chi connectivity index (χ1v) is 3.18. The second kappa shape index (κ2) is 2.36. The zero-order valence-electron chi connectivity index (χ0n) is 4.98. The normalized spacial score (nSPS) is 17.9. The number of carbonyl (C=O) groups is 1. The number of allylic oxidation sites excluding steroid dienone is 3. The van der Waals surface area contributed by atoms with Crippen molar-refractivity contribution >= 4 is 17.4 Å². The molecular formula is C7H7ClO. The SMILES string of the molecule is C=C(Cl)C1=CCCC1=O. The molecule has 1 aliphatic carbocycles. The van der Waals surface area contributed by atoms with Crippen LogP contribution in [0.25, 0.3) is 0 Å². The van der Waals surface area contributed by atoms with Gasteiger partial charge in [-0.2, -0.15) is 0 Å². The average Bonchev–Trinajstić information content (AvgIpc) is 2.13. The van der Waals surface area contributed by atoms with Crippen molar-refractivity contribution in [2.45, 2.75) is 12.8 Å². The van der Waals surface area contributed by atoms with Gasteiger partial charge >= 0.3 is 0 Å². The third-order valence-corrected chi connectivity index (χ3v) is 1.52. The molecule has 9 heavy (non-hydrogen) atoms. The molecule has 48 valence electrons. The number of Topliss-reactive ketones (excluding diaryl/α,β-unsaturated/α-hetero) is 1. The molecule has 0 aromatic heterocycles. The Kier molecular flexibility index (Phi) is 1.72. The van der Waals surface area contributed by atoms with Crippen molar-refractivity contribution in [3.8, 4) is 0 Å². The van der Waals surface area contributed by atoms with Crippen LogP contribution in [-0.4, -0.2) is 5.78 Å². The second-order valence-electron chi connectivity index (χ2n) is 1.98. The molecule has 0 atom stereocenters. The van der Waals surface area contributed by atoms with Gasteiger partial charge < -0.3 is 0 Å². The molecule has 0 spiro atoms. The van der Waals surface area contributed by atoms with Crippen LogP contribution in [0.2, 0.25) is 0 Å². The van der Waals surface area contributed by atoms with Crippen LogP contribution in [0.5, 0.6) is 0 Å². The van der Waals surface area contributed by atoms with Crippen molar-refractivity contribution in [1.82, 2.24) is 0 Å². The molecule has 0 aliphatic heterocycles. The Bertz CT molecular complexity index is 191. The van der Waals surface area contributed by atoms with Gasteiger partial charge in [-0.1, -0.05) is 24.3 Å². The lowest BCUT2D eigenvalue weighted by atomic mass is 10.2. The lowest BCUT2D eigenvalue weighted by molar-refractivity contribution is -0.114. The molecule has 0 saturated carbocycles. The van der Waals surface area contributed by atoms with Crippen LogP contribution in [0, 0.1) is 0 Å². The van der Waals surface area contributed by atoms with Gasteiger partial charge in [-0.25, -0.2) is 0 Å². The summed E-state index contributed by atoms with van der Waals surface area (Å²) in [6.45, 7) is 3.46. The zero-order valence-corrected chi connectivity index (χ0v) is 5.74. The first-order valence-electron chi connectivity index (χ1n) is 2.80. The number of halogens is 1. The fourth-order valence-electron chi connectivity index (χ4n) is 0.858. The third kappa shape index (κ3) is 1.22. The summed E-state index contributed by atoms with van der Waals surface area (Å²) < 4.78 is 0. The highest BCUT2D eigenvalue weighted by Crippen LogP contribution is 2.22. The van der Waals surface area contributed by atoms with Crippen LogP contribution in [0.4, 0.5) is 0 Å². The van der Waals surface area contributed by atoms with Crippen molar-refractivity contribution in [2.24, 2.45) is 0 Å². The average molecular weight is 143 g/mol. The van der Waals surface area contributed by atoms with E-state index in [-0.39, 0.29) is 5.78 Å². The number of ketones is 1. The smallest absolute Gasteiger partial charge is 0.164 e. The lowest BCUT2D eigenvalue weighted by Gasteiger charge is -1.91. The molecule has 0 N–H and O–H groups in total. The summed E-state index contributed by atoms with van der Waals surface area (Å²) in [5.74, 6) is 0.120. The van der Waals surface area contributed by atoms with Crippen LogP contribution < -0.4 is 0 Å². The van der Waals surface area contributed by atoms with Gasteiger partial charge in [0.2, 0.25) is 0 Å². The Morgan fingerprint density at radius 2 is 2.44 bits per heavy atom. The van der Waals surface area contributed by atoms with Crippen molar-refractivity contribution in [1.29, 1.82) is 0 Å². The van der Waals surface area contributed by atoms with E-state index in [9.17, 15) is 4.79 Å². The molecule has 1 nitrogen and oxygen atoms in total. The molecule has 0 fully saturated rings. The van der Waals surface area contributed by atoms with E-state index in [0.29, 0.717) is 17.0 Å². The third-order valence-electron chi connectivity index (χ3n) is 1.31. The number of rotatable bonds is 1. The molecule has 0 aromatic carbocycles. The molecule has 0 bridgehead atoms. The molecule has 0 radical (unpaired) electrons. The standard InChI is InChI=1S/C7H7ClO/c1-5(8)6-3-2-4-7(6)9/h3H,1-2,4H2. The van der Waals surface area contributed by atoms with Crippen LogP contribution in [0.3, 0.4) is 0 Å². The monoisotopic (exact) mass is 142 g/mol. The van der Waals surface area contributed by atoms with Gasteiger partial charge in [-0.15, -0.1) is 0 Å². The van der Waals surface area contributed by atoms with Crippen molar-refractivity contribution in [3.63, 3.8) is 0 Å². The minimum atomic E-state index is 0.120. The van der Waals surface area contributed by atoms with Gasteiger partial charge in [0.05, 0.1) is 0 Å². The van der Waals surface area contributed by atoms with Gasteiger partial charge in [-0.05, 0) is 6.42 Å². The molecule has 0 heterocycles. The molecule has 0 saturated heterocycles. The highest BCUT2D eigenvalue weighted by molar-refractivity contribution is 6.35. The van der Waals surface area contributed by atoms with Gasteiger partial charge in [0.1, 0.15) is 0 Å². The Hall–Kier alpha value is -0.560. The lowest BCUT2D eigenvalue weighted by Crippen LogP contribution is -1.93. The number of carbonyl (C=O) groups excluding carboxylic acids is 1. The van der Waals surface area contributed by atoms with E-state index < -0.39 is 0 Å². The molecule has 0 unspecified atom stereocenters. The summed E-state index contributed by atoms with van der Waals surface area (Å²) in [6, 6.07) is 0. The maximum atomic E-state index is 10.8. The molecule has 1 rings (SSSR count). The predicted octanol–water partition coefficient (Wildman–Crippen LogP) is 2.03. The molecule has 2 heteroatoms. The largest absolute Gasteiger partial charge is 0.294 e. The van der Waals surface area contributed by atoms with E-state index in [0.717, 1.165) is 6.42 Å². The fraction of sp³-hybridized carbons (Fsp3) is 0.286. The van der Waals surface area contributed by atoms with E-state index in [2.05, 4.69) is 6.58 Å². The van der Waals surface area contributed by atoms with Crippen molar-refractivity contribution in [2.75, 3.05) is 0 Å². The molecular weight excluding hydrogens is 136 g/mol. The van der Waals surface area contributed by atoms with Crippen molar-refractivity contribution < 1.29 is 4.79 Å². The van der Waals surface area contributed by atoms with Gasteiger partial charge in [0.15, 0.2) is 5.78 Å². The fourth-order valence-corrected chi connectivity index (χ4v) is 1.04. The second-order valence-corrected chi connectivity index (χ2v) is 2.44. The Morgan fingerprint density at radius 3 is 2.67 bits per heavy atom. The van der Waals surface area contributed by atoms with Gasteiger partial charge in [-0.3, -0.25) is 4.79 Å². The first kappa shape index (κ1) is 6.56. The maximum absolute atomic E-state index is 10.8. The van der Waals surface area contributed by atoms with E-state index >= 15 is 0 Å². The number of hydrogen-bond acceptors (Lipinski definition) is 1. The zero-order chi connectivity index (χ0) is 6.85. The van der Waals surface area contributed by atoms with Gasteiger partial charge in [0.25, 0.3) is 0 Å². The highest BCUT2D eigenvalue weighted by Gasteiger charge is 2.15. The van der Waals surface area contributed by atoms with E-state index in [4.69, 9.17) is 11.6 Å². The molecule has 0 aromatic rings. The predicted molar refractivity (Wildman–Crippen MR) is 37.3 cm³/mol. The summed E-state index contributed by atoms with van der Waals surface area (Å²) in [5.41, 5.74) is 0.608. The highest BCUT2D eigenvalue weighted by atomic mass is 35.5. The quantitative estimate of drug-likeness (QED) is 0.548. The first-order chi connectivity index (χ1) is 4.22. The van der Waals surface area contributed by atoms with Crippen molar-refractivity contribution in [3.05, 3.63) is 23.3 Å². The number of hydrogen-bond donors (Lipinski definition) is 0. The van der Waals surface area contributed by atoms with Crippen LogP contribution in [-0.2, 0) is 4.79 Å². The van der Waals surface area contributed by atoms with E-state index in [1.165, 1.54) is 0 Å². The van der Waals surface area contributed by atoms with Crippen LogP contribution >= 0.6 is 11.6 Å². The van der Waals surface area contributed by atoms with Crippen LogP contribution in [0.1, 0.15) is 12.8 Å². The molecule has 0 amide bonds. The van der Waals surface area contributed by atoms with E-state index in [1.807, 2.05) is 6.08 Å². The Morgan fingerprint density at radius 1 is 1.78 bits per heavy atom. The van der Waals surface area contributed by atoms with Gasteiger partial charge in [0, 0.05) is 17.0 Å². The van der Waals surface area contributed by atoms with E-state index in [1.54, 1.807) is 0 Å². The summed E-state index contributed by atoms with van der Waals surface area (Å²) >= 11 is 5.50.